The fourth-order valence-corrected chi connectivity index (χ4v) is 4.40. The number of carbonyl (C=O) groups is 1. The van der Waals surface area contributed by atoms with Crippen LogP contribution in [0, 0.1) is 29.1 Å². The van der Waals surface area contributed by atoms with E-state index >= 15 is 0 Å². The molecule has 0 aromatic heterocycles. The quantitative estimate of drug-likeness (QED) is 0.794. The first-order valence-electron chi connectivity index (χ1n) is 8.06. The van der Waals surface area contributed by atoms with Crippen LogP contribution in [0.2, 0.25) is 0 Å². The number of piperidine rings is 1. The van der Waals surface area contributed by atoms with Crippen molar-refractivity contribution in [3.63, 3.8) is 0 Å². The zero-order chi connectivity index (χ0) is 14.4. The Kier molecular flexibility index (Phi) is 2.99. The van der Waals surface area contributed by atoms with Gasteiger partial charge in [0.25, 0.3) is 0 Å². The third kappa shape index (κ3) is 2.05. The van der Waals surface area contributed by atoms with Crippen LogP contribution < -0.4 is 0 Å². The van der Waals surface area contributed by atoms with E-state index < -0.39 is 0 Å². The smallest absolute Gasteiger partial charge is 0.226 e. The number of likely N-dealkylation sites (tertiary alicyclic amines) is 1. The van der Waals surface area contributed by atoms with E-state index in [0.29, 0.717) is 24.3 Å². The van der Waals surface area contributed by atoms with Crippen molar-refractivity contribution in [2.24, 2.45) is 17.8 Å². The molecule has 1 saturated carbocycles. The van der Waals surface area contributed by atoms with Gasteiger partial charge in [-0.25, -0.2) is 0 Å². The molecule has 1 amide bonds. The van der Waals surface area contributed by atoms with Crippen LogP contribution in [0.3, 0.4) is 0 Å². The number of amides is 1. The second-order valence-corrected chi connectivity index (χ2v) is 6.71. The Bertz CT molecular complexity index is 618. The maximum Gasteiger partial charge on any atom is 0.226 e. The Balaban J connectivity index is 1.52. The fraction of sp³-hybridized carbons (Fsp3) is 0.556. The molecule has 0 bridgehead atoms. The highest BCUT2D eigenvalue weighted by Crippen LogP contribution is 2.60. The number of carbonyl (C=O) groups excluding carboxylic acids is 1. The van der Waals surface area contributed by atoms with Crippen LogP contribution in [0.1, 0.15) is 36.3 Å². The molecular formula is C18H20N2O. The predicted molar refractivity (Wildman–Crippen MR) is 79.4 cm³/mol. The van der Waals surface area contributed by atoms with E-state index in [9.17, 15) is 4.79 Å². The van der Waals surface area contributed by atoms with Crippen molar-refractivity contribution in [1.29, 1.82) is 5.26 Å². The molecule has 21 heavy (non-hydrogen) atoms. The summed E-state index contributed by atoms with van der Waals surface area (Å²) in [7, 11) is 0. The van der Waals surface area contributed by atoms with E-state index in [0.717, 1.165) is 32.2 Å². The lowest BCUT2D eigenvalue weighted by Crippen LogP contribution is -2.40. The Morgan fingerprint density at radius 1 is 1.29 bits per heavy atom. The molecule has 1 aromatic carbocycles. The van der Waals surface area contributed by atoms with E-state index in [-0.39, 0.29) is 11.8 Å². The normalized spacial score (nSPS) is 33.6. The van der Waals surface area contributed by atoms with Gasteiger partial charge in [-0.15, -0.1) is 0 Å². The van der Waals surface area contributed by atoms with E-state index in [1.165, 1.54) is 11.1 Å². The molecule has 3 aliphatic rings. The number of hydrogen-bond acceptors (Lipinski definition) is 2. The van der Waals surface area contributed by atoms with Gasteiger partial charge in [0, 0.05) is 19.0 Å². The topological polar surface area (TPSA) is 44.1 Å². The Labute approximate surface area is 125 Å². The molecule has 2 aliphatic carbocycles. The molecule has 3 heteroatoms. The van der Waals surface area contributed by atoms with Gasteiger partial charge in [0.2, 0.25) is 5.91 Å². The lowest BCUT2D eigenvalue weighted by Gasteiger charge is -2.30. The molecule has 2 fully saturated rings. The van der Waals surface area contributed by atoms with Crippen LogP contribution in [-0.4, -0.2) is 23.9 Å². The second kappa shape index (κ2) is 4.87. The van der Waals surface area contributed by atoms with Gasteiger partial charge in [-0.1, -0.05) is 24.3 Å². The first kappa shape index (κ1) is 12.9. The molecule has 4 rings (SSSR count). The molecule has 1 saturated heterocycles. The minimum absolute atomic E-state index is 0.0377. The fourth-order valence-electron chi connectivity index (χ4n) is 4.40. The number of benzene rings is 1. The molecular weight excluding hydrogens is 260 g/mol. The summed E-state index contributed by atoms with van der Waals surface area (Å²) in [5, 5.41) is 9.09. The summed E-state index contributed by atoms with van der Waals surface area (Å²) < 4.78 is 0. The largest absolute Gasteiger partial charge is 0.341 e. The van der Waals surface area contributed by atoms with Crippen LogP contribution in [-0.2, 0) is 11.2 Å². The highest BCUT2D eigenvalue weighted by molar-refractivity contribution is 5.84. The maximum atomic E-state index is 12.8. The van der Waals surface area contributed by atoms with Crippen molar-refractivity contribution >= 4 is 5.91 Å². The van der Waals surface area contributed by atoms with Gasteiger partial charge in [0.05, 0.1) is 12.0 Å². The summed E-state index contributed by atoms with van der Waals surface area (Å²) in [6.07, 6.45) is 4.18. The summed E-state index contributed by atoms with van der Waals surface area (Å²) in [6.45, 7) is 1.49. The van der Waals surface area contributed by atoms with Gasteiger partial charge in [-0.3, -0.25) is 4.79 Å². The molecule has 4 atom stereocenters. The Hall–Kier alpha value is -1.82. The van der Waals surface area contributed by atoms with Crippen molar-refractivity contribution in [2.75, 3.05) is 13.1 Å². The summed E-state index contributed by atoms with van der Waals surface area (Å²) in [4.78, 5) is 14.8. The van der Waals surface area contributed by atoms with Crippen LogP contribution in [0.4, 0.5) is 0 Å². The van der Waals surface area contributed by atoms with Crippen molar-refractivity contribution < 1.29 is 4.79 Å². The standard InChI is InChI=1S/C18H20N2O/c19-10-12-4-3-9-20(11-12)18(21)17-15-8-7-13-5-1-2-6-14(13)16(15)17/h1-2,5-6,12,15-17H,3-4,7-9,11H2. The third-order valence-electron chi connectivity index (χ3n) is 5.53. The van der Waals surface area contributed by atoms with Crippen LogP contribution in [0.15, 0.2) is 24.3 Å². The average molecular weight is 280 g/mol. The lowest BCUT2D eigenvalue weighted by atomic mass is 9.92. The summed E-state index contributed by atoms with van der Waals surface area (Å²) >= 11 is 0. The summed E-state index contributed by atoms with van der Waals surface area (Å²) in [5.74, 6) is 1.53. The van der Waals surface area contributed by atoms with Crippen LogP contribution in [0.5, 0.6) is 0 Å². The van der Waals surface area contributed by atoms with Gasteiger partial charge in [-0.2, -0.15) is 5.26 Å². The molecule has 4 unspecified atom stereocenters. The molecule has 0 spiro atoms. The molecule has 3 nitrogen and oxygen atoms in total. The van der Waals surface area contributed by atoms with Gasteiger partial charge >= 0.3 is 0 Å². The molecule has 108 valence electrons. The Morgan fingerprint density at radius 2 is 2.14 bits per heavy atom. The first-order valence-corrected chi connectivity index (χ1v) is 8.06. The maximum absolute atomic E-state index is 12.8. The number of nitrogens with zero attached hydrogens (tertiary/aromatic N) is 2. The van der Waals surface area contributed by atoms with Crippen molar-refractivity contribution in [3.8, 4) is 6.07 Å². The van der Waals surface area contributed by atoms with Crippen LogP contribution in [0.25, 0.3) is 0 Å². The van der Waals surface area contributed by atoms with Crippen molar-refractivity contribution in [1.82, 2.24) is 4.90 Å². The molecule has 1 aliphatic heterocycles. The monoisotopic (exact) mass is 280 g/mol. The molecule has 0 radical (unpaired) electrons. The first-order chi connectivity index (χ1) is 10.3. The van der Waals surface area contributed by atoms with Gasteiger partial charge in [0.15, 0.2) is 0 Å². The Morgan fingerprint density at radius 3 is 3.00 bits per heavy atom. The number of fused-ring (bicyclic) bond motifs is 3. The molecule has 1 aromatic rings. The average Bonchev–Trinajstić information content (AvgIpc) is 3.29. The number of hydrogen-bond donors (Lipinski definition) is 0. The molecule has 0 N–H and O–H groups in total. The number of aryl methyl sites for hydroxylation is 1. The summed E-state index contributed by atoms with van der Waals surface area (Å²) in [5.41, 5.74) is 2.84. The SMILES string of the molecule is N#CC1CCCN(C(=O)C2C3CCc4ccccc4C32)C1. The minimum atomic E-state index is 0.0377. The van der Waals surface area contributed by atoms with E-state index in [1.807, 2.05) is 4.90 Å². The highest BCUT2D eigenvalue weighted by Gasteiger charge is 2.58. The van der Waals surface area contributed by atoms with E-state index in [4.69, 9.17) is 5.26 Å². The second-order valence-electron chi connectivity index (χ2n) is 6.71. The number of rotatable bonds is 1. The predicted octanol–water partition coefficient (Wildman–Crippen LogP) is 2.72. The van der Waals surface area contributed by atoms with Crippen molar-refractivity contribution in [3.05, 3.63) is 35.4 Å². The minimum Gasteiger partial charge on any atom is -0.341 e. The zero-order valence-corrected chi connectivity index (χ0v) is 12.2. The summed E-state index contributed by atoms with van der Waals surface area (Å²) in [6, 6.07) is 10.9. The lowest BCUT2D eigenvalue weighted by molar-refractivity contribution is -0.134. The third-order valence-corrected chi connectivity index (χ3v) is 5.53. The van der Waals surface area contributed by atoms with E-state index in [2.05, 4.69) is 30.3 Å². The van der Waals surface area contributed by atoms with E-state index in [1.54, 1.807) is 0 Å². The zero-order valence-electron chi connectivity index (χ0n) is 12.2. The highest BCUT2D eigenvalue weighted by atomic mass is 16.2. The van der Waals surface area contributed by atoms with Gasteiger partial charge in [0.1, 0.15) is 0 Å². The van der Waals surface area contributed by atoms with Gasteiger partial charge in [-0.05, 0) is 48.6 Å². The molecule has 1 heterocycles. The number of nitriles is 1. The van der Waals surface area contributed by atoms with Gasteiger partial charge < -0.3 is 4.90 Å². The van der Waals surface area contributed by atoms with Crippen LogP contribution >= 0.6 is 0 Å². The van der Waals surface area contributed by atoms with Crippen molar-refractivity contribution in [2.45, 2.75) is 31.6 Å².